The van der Waals surface area contributed by atoms with Gasteiger partial charge in [-0.3, -0.25) is 0 Å². The lowest BCUT2D eigenvalue weighted by molar-refractivity contribution is 0.291. The van der Waals surface area contributed by atoms with Crippen molar-refractivity contribution < 1.29 is 4.74 Å². The van der Waals surface area contributed by atoms with Gasteiger partial charge in [-0.25, -0.2) is 4.98 Å². The number of anilines is 1. The molecule has 0 aliphatic carbocycles. The highest BCUT2D eigenvalue weighted by molar-refractivity contribution is 9.10. The molecule has 0 amide bonds. The number of nitrogens with zero attached hydrogens (tertiary/aromatic N) is 2. The molecule has 0 spiro atoms. The number of hydrogen-bond donors (Lipinski definition) is 1. The van der Waals surface area contributed by atoms with Crippen molar-refractivity contribution in [2.24, 2.45) is 0 Å². The van der Waals surface area contributed by atoms with E-state index < -0.39 is 0 Å². The highest BCUT2D eigenvalue weighted by Gasteiger charge is 2.05. The van der Waals surface area contributed by atoms with Crippen LogP contribution in [-0.4, -0.2) is 16.5 Å². The number of halogens is 1. The summed E-state index contributed by atoms with van der Waals surface area (Å²) in [6.07, 6.45) is 2.81. The summed E-state index contributed by atoms with van der Waals surface area (Å²) >= 11 is 3.45. The average Bonchev–Trinajstić information content (AvgIpc) is 2.45. The van der Waals surface area contributed by atoms with E-state index in [1.165, 1.54) is 0 Å². The second kappa shape index (κ2) is 7.24. The molecule has 0 aliphatic heterocycles. The molecule has 0 fully saturated rings. The molecule has 1 aromatic heterocycles. The van der Waals surface area contributed by atoms with Crippen molar-refractivity contribution in [3.63, 3.8) is 0 Å². The highest BCUT2D eigenvalue weighted by Crippen LogP contribution is 2.18. The molecule has 4 nitrogen and oxygen atoms in total. The molecule has 1 heterocycles. The van der Waals surface area contributed by atoms with Gasteiger partial charge in [0.15, 0.2) is 0 Å². The van der Waals surface area contributed by atoms with E-state index in [0.717, 1.165) is 28.6 Å². The fourth-order valence-corrected chi connectivity index (χ4v) is 2.12. The summed E-state index contributed by atoms with van der Waals surface area (Å²) in [6.45, 7) is 5.39. The first-order valence-electron chi connectivity index (χ1n) is 6.64. The van der Waals surface area contributed by atoms with Crippen LogP contribution in [0.25, 0.3) is 0 Å². The van der Waals surface area contributed by atoms with Gasteiger partial charge in [0.2, 0.25) is 11.8 Å². The lowest BCUT2D eigenvalue weighted by atomic mass is 10.2. The minimum Gasteiger partial charge on any atom is -0.472 e. The van der Waals surface area contributed by atoms with Crippen LogP contribution >= 0.6 is 15.9 Å². The molecule has 1 aromatic carbocycles. The van der Waals surface area contributed by atoms with Gasteiger partial charge in [-0.1, -0.05) is 35.0 Å². The Morgan fingerprint density at radius 1 is 1.35 bits per heavy atom. The quantitative estimate of drug-likeness (QED) is 0.868. The molecule has 0 aliphatic rings. The van der Waals surface area contributed by atoms with Crippen molar-refractivity contribution in [1.82, 2.24) is 9.97 Å². The molecule has 1 N–H and O–H groups in total. The number of rotatable bonds is 6. The largest absolute Gasteiger partial charge is 0.472 e. The van der Waals surface area contributed by atoms with Gasteiger partial charge in [-0.2, -0.15) is 4.98 Å². The highest BCUT2D eigenvalue weighted by atomic mass is 79.9. The molecule has 0 unspecified atom stereocenters. The van der Waals surface area contributed by atoms with E-state index in [1.807, 2.05) is 31.2 Å². The summed E-state index contributed by atoms with van der Waals surface area (Å²) in [5.74, 6) is 1.24. The first-order valence-corrected chi connectivity index (χ1v) is 7.43. The predicted molar refractivity (Wildman–Crippen MR) is 84.0 cm³/mol. The predicted octanol–water partition coefficient (Wildman–Crippen LogP) is 3.95. The Balaban J connectivity index is 2.04. The van der Waals surface area contributed by atoms with E-state index in [1.54, 1.807) is 6.20 Å². The van der Waals surface area contributed by atoms with Crippen molar-refractivity contribution in [3.05, 3.63) is 46.1 Å². The maximum atomic E-state index is 5.79. The van der Waals surface area contributed by atoms with Crippen molar-refractivity contribution in [2.45, 2.75) is 26.9 Å². The number of benzene rings is 1. The Morgan fingerprint density at radius 2 is 2.20 bits per heavy atom. The lowest BCUT2D eigenvalue weighted by Crippen LogP contribution is -2.07. The maximum Gasteiger partial charge on any atom is 0.225 e. The monoisotopic (exact) mass is 335 g/mol. The second-order valence-corrected chi connectivity index (χ2v) is 5.44. The zero-order valence-corrected chi connectivity index (χ0v) is 13.3. The van der Waals surface area contributed by atoms with Crippen molar-refractivity contribution in [3.8, 4) is 5.88 Å². The fourth-order valence-electron chi connectivity index (χ4n) is 1.67. The number of hydrogen-bond acceptors (Lipinski definition) is 4. The van der Waals surface area contributed by atoms with E-state index in [2.05, 4.69) is 38.1 Å². The number of aromatic nitrogens is 2. The van der Waals surface area contributed by atoms with E-state index >= 15 is 0 Å². The van der Waals surface area contributed by atoms with E-state index in [9.17, 15) is 0 Å². The van der Waals surface area contributed by atoms with Crippen molar-refractivity contribution in [2.75, 3.05) is 11.9 Å². The Hall–Kier alpha value is -1.62. The Kier molecular flexibility index (Phi) is 5.35. The van der Waals surface area contributed by atoms with E-state index in [4.69, 9.17) is 4.74 Å². The molecule has 20 heavy (non-hydrogen) atoms. The molecule has 0 radical (unpaired) electrons. The van der Waals surface area contributed by atoms with Crippen LogP contribution in [0, 0.1) is 6.92 Å². The minimum absolute atomic E-state index is 0.491. The van der Waals surface area contributed by atoms with Crippen molar-refractivity contribution in [1.29, 1.82) is 0 Å². The Morgan fingerprint density at radius 3 is 2.95 bits per heavy atom. The van der Waals surface area contributed by atoms with Crippen LogP contribution in [0.3, 0.4) is 0 Å². The standard InChI is InChI=1S/C15H18BrN3O/c1-3-7-17-15-18-9-11(2)14(19-15)20-10-12-5-4-6-13(16)8-12/h4-6,8-9H,3,7,10H2,1-2H3,(H,17,18,19). The zero-order valence-electron chi connectivity index (χ0n) is 11.7. The summed E-state index contributed by atoms with van der Waals surface area (Å²) in [7, 11) is 0. The van der Waals surface area contributed by atoms with Crippen LogP contribution in [-0.2, 0) is 6.61 Å². The number of ether oxygens (including phenoxy) is 1. The third-order valence-electron chi connectivity index (χ3n) is 2.72. The summed E-state index contributed by atoms with van der Waals surface area (Å²) in [6, 6.07) is 8.04. The van der Waals surface area contributed by atoms with Crippen LogP contribution in [0.1, 0.15) is 24.5 Å². The van der Waals surface area contributed by atoms with Crippen LogP contribution in [0.15, 0.2) is 34.9 Å². The Bertz CT molecular complexity index is 575. The van der Waals surface area contributed by atoms with Gasteiger partial charge >= 0.3 is 0 Å². The van der Waals surface area contributed by atoms with Gasteiger partial charge in [0, 0.05) is 22.8 Å². The smallest absolute Gasteiger partial charge is 0.225 e. The minimum atomic E-state index is 0.491. The molecular formula is C15H18BrN3O. The van der Waals surface area contributed by atoms with Crippen molar-refractivity contribution >= 4 is 21.9 Å². The average molecular weight is 336 g/mol. The van der Waals surface area contributed by atoms with Gasteiger partial charge in [0.1, 0.15) is 6.61 Å². The molecule has 0 saturated heterocycles. The van der Waals surface area contributed by atoms with E-state index in [0.29, 0.717) is 18.4 Å². The molecule has 0 atom stereocenters. The molecule has 5 heteroatoms. The lowest BCUT2D eigenvalue weighted by Gasteiger charge is -2.10. The summed E-state index contributed by atoms with van der Waals surface area (Å²) in [5.41, 5.74) is 2.03. The third kappa shape index (κ3) is 4.20. The fraction of sp³-hybridized carbons (Fsp3) is 0.333. The van der Waals surface area contributed by atoms with Crippen LogP contribution in [0.4, 0.5) is 5.95 Å². The Labute approximate surface area is 127 Å². The normalized spacial score (nSPS) is 10.3. The molecule has 0 bridgehead atoms. The number of nitrogens with one attached hydrogen (secondary N) is 1. The van der Waals surface area contributed by atoms with Gasteiger partial charge in [-0.05, 0) is 31.0 Å². The van der Waals surface area contributed by atoms with Gasteiger partial charge < -0.3 is 10.1 Å². The first-order chi connectivity index (χ1) is 9.69. The van der Waals surface area contributed by atoms with Crippen LogP contribution in [0.5, 0.6) is 5.88 Å². The first kappa shape index (κ1) is 14.8. The SMILES string of the molecule is CCCNc1ncc(C)c(OCc2cccc(Br)c2)n1. The summed E-state index contributed by atoms with van der Waals surface area (Å²) < 4.78 is 6.83. The maximum absolute atomic E-state index is 5.79. The van der Waals surface area contributed by atoms with Gasteiger partial charge in [0.05, 0.1) is 0 Å². The van der Waals surface area contributed by atoms with Crippen LogP contribution < -0.4 is 10.1 Å². The second-order valence-electron chi connectivity index (χ2n) is 4.53. The number of aryl methyl sites for hydroxylation is 1. The molecule has 0 saturated carbocycles. The topological polar surface area (TPSA) is 47.0 Å². The molecular weight excluding hydrogens is 318 g/mol. The molecule has 2 aromatic rings. The molecule has 2 rings (SSSR count). The van der Waals surface area contributed by atoms with E-state index in [-0.39, 0.29) is 0 Å². The van der Waals surface area contributed by atoms with Gasteiger partial charge in [-0.15, -0.1) is 0 Å². The zero-order chi connectivity index (χ0) is 14.4. The van der Waals surface area contributed by atoms with Gasteiger partial charge in [0.25, 0.3) is 0 Å². The van der Waals surface area contributed by atoms with Crippen LogP contribution in [0.2, 0.25) is 0 Å². The third-order valence-corrected chi connectivity index (χ3v) is 3.22. The summed E-state index contributed by atoms with van der Waals surface area (Å²) in [5, 5.41) is 3.16. The summed E-state index contributed by atoms with van der Waals surface area (Å²) in [4.78, 5) is 8.63. The molecule has 106 valence electrons.